The molecule has 388 valence electrons. The molecule has 1 unspecified atom stereocenters. The van der Waals surface area contributed by atoms with Gasteiger partial charge in [-0.3, -0.25) is 9.69 Å². The molecule has 4 N–H and O–H groups in total. The molecule has 0 bridgehead atoms. The average molecular weight is 974 g/mol. The summed E-state index contributed by atoms with van der Waals surface area (Å²) in [7, 11) is 7.18. The molecule has 4 aliphatic rings. The van der Waals surface area contributed by atoms with Crippen LogP contribution in [0.5, 0.6) is 0 Å². The Morgan fingerprint density at radius 3 is 2.42 bits per heavy atom. The standard InChI is InChI=1S/C50H79N5O14/c1-15-37-50(10)42(68-47(59)69-50)31(6)55(13)26-27(2)23-48(8,60)41(66-45-39(56)36(54(11)12)22-28(3)62-45)29(4)40(30(5)44(57)64-37)65-38-24-49(9,61-14)43(32(7)63-38)67-46(58)53-52-21-20-33-25-51-35-19-17-16-18-34(33)35/h16-19,21,25,27-32,36-43,45,51,56,60H,15,20,22-24,26H2,1-14H3,(H,53,58)/b52-21-/t27-,28-,29+,30-,31-,32+,36+,37-,38+,39-,40+,41-,42-,43?,45+,48-,49-,50-/m1/s1. The van der Waals surface area contributed by atoms with Crippen LogP contribution in [-0.4, -0.2) is 175 Å². The summed E-state index contributed by atoms with van der Waals surface area (Å²) in [4.78, 5) is 48.1. The Morgan fingerprint density at radius 1 is 1.03 bits per heavy atom. The Labute approximate surface area is 407 Å². The number of aliphatic hydroxyl groups is 2. The summed E-state index contributed by atoms with van der Waals surface area (Å²) >= 11 is 0. The number of hydrogen-bond donors (Lipinski definition) is 4. The van der Waals surface area contributed by atoms with Gasteiger partial charge in [0.05, 0.1) is 35.9 Å². The van der Waals surface area contributed by atoms with Crippen molar-refractivity contribution in [3.05, 3.63) is 36.0 Å². The van der Waals surface area contributed by atoms with Crippen LogP contribution in [0.2, 0.25) is 0 Å². The van der Waals surface area contributed by atoms with Gasteiger partial charge in [-0.15, -0.1) is 0 Å². The van der Waals surface area contributed by atoms with E-state index in [1.807, 2.05) is 96.0 Å². The number of methoxy groups -OCH3 is 1. The molecule has 0 saturated carbocycles. The zero-order valence-electron chi connectivity index (χ0n) is 43.0. The summed E-state index contributed by atoms with van der Waals surface area (Å²) in [6.07, 6.45) is -5.82. The van der Waals surface area contributed by atoms with Gasteiger partial charge in [0, 0.05) is 67.8 Å². The number of likely N-dealkylation sites (N-methyl/N-ethyl adjacent to an activating group) is 2. The van der Waals surface area contributed by atoms with Crippen LogP contribution in [0.3, 0.4) is 0 Å². The molecule has 0 radical (unpaired) electrons. The largest absolute Gasteiger partial charge is 0.509 e. The lowest BCUT2D eigenvalue weighted by molar-refractivity contribution is -0.317. The van der Waals surface area contributed by atoms with Crippen LogP contribution in [0, 0.1) is 17.8 Å². The average Bonchev–Trinajstić information content (AvgIpc) is 3.85. The van der Waals surface area contributed by atoms with Crippen molar-refractivity contribution >= 4 is 35.3 Å². The van der Waals surface area contributed by atoms with Crippen molar-refractivity contribution in [2.24, 2.45) is 22.9 Å². The quantitative estimate of drug-likeness (QED) is 0.0942. The third-order valence-electron chi connectivity index (χ3n) is 15.1. The predicted octanol–water partition coefficient (Wildman–Crippen LogP) is 5.53. The van der Waals surface area contributed by atoms with Crippen LogP contribution in [-0.2, 0) is 53.8 Å². The van der Waals surface area contributed by atoms with E-state index < -0.39 is 102 Å². The highest BCUT2D eigenvalue weighted by molar-refractivity contribution is 5.85. The van der Waals surface area contributed by atoms with Gasteiger partial charge < -0.3 is 62.7 Å². The Hall–Kier alpha value is -3.92. The number of aromatic amines is 1. The highest BCUT2D eigenvalue weighted by Crippen LogP contribution is 2.42. The van der Waals surface area contributed by atoms with Crippen LogP contribution in [0.1, 0.15) is 100 Å². The summed E-state index contributed by atoms with van der Waals surface area (Å²) in [5.41, 5.74) is 0.350. The van der Waals surface area contributed by atoms with Crippen molar-refractivity contribution in [1.82, 2.24) is 20.2 Å². The van der Waals surface area contributed by atoms with E-state index in [1.165, 1.54) is 7.11 Å². The molecule has 6 rings (SSSR count). The molecule has 0 aliphatic carbocycles. The summed E-state index contributed by atoms with van der Waals surface area (Å²) in [5, 5.41) is 29.7. The van der Waals surface area contributed by atoms with Gasteiger partial charge in [-0.05, 0) is 106 Å². The topological polar surface area (TPSA) is 221 Å². The number of fused-ring (bicyclic) bond motifs is 2. The second kappa shape index (κ2) is 22.2. The maximum atomic E-state index is 14.7. The van der Waals surface area contributed by atoms with Crippen LogP contribution < -0.4 is 5.43 Å². The number of aliphatic hydroxyl groups excluding tert-OH is 1. The summed E-state index contributed by atoms with van der Waals surface area (Å²) in [6.45, 7) is 18.6. The lowest BCUT2D eigenvalue weighted by atomic mass is 9.77. The number of esters is 1. The minimum Gasteiger partial charge on any atom is -0.458 e. The number of H-pyrrole nitrogens is 1. The van der Waals surface area contributed by atoms with Gasteiger partial charge in [0.1, 0.15) is 17.8 Å². The van der Waals surface area contributed by atoms with E-state index in [9.17, 15) is 24.6 Å². The Balaban J connectivity index is 1.30. The molecule has 4 aliphatic heterocycles. The van der Waals surface area contributed by atoms with Crippen LogP contribution >= 0.6 is 0 Å². The monoisotopic (exact) mass is 974 g/mol. The van der Waals surface area contributed by atoms with Crippen molar-refractivity contribution in [3.63, 3.8) is 0 Å². The van der Waals surface area contributed by atoms with Crippen LogP contribution in [0.4, 0.5) is 9.59 Å². The highest BCUT2D eigenvalue weighted by Gasteiger charge is 2.58. The minimum atomic E-state index is -1.61. The van der Waals surface area contributed by atoms with E-state index in [2.05, 4.69) is 15.5 Å². The number of carbonyl (C=O) groups excluding carboxylic acids is 3. The van der Waals surface area contributed by atoms with E-state index in [0.717, 1.165) is 16.5 Å². The number of carbonyl (C=O) groups is 3. The number of hydrogen-bond acceptors (Lipinski definition) is 17. The van der Waals surface area contributed by atoms with Crippen molar-refractivity contribution in [1.29, 1.82) is 0 Å². The van der Waals surface area contributed by atoms with Crippen molar-refractivity contribution < 1.29 is 67.2 Å². The van der Waals surface area contributed by atoms with E-state index in [4.69, 9.17) is 42.6 Å². The molecule has 2 aromatic rings. The Kier molecular flexibility index (Phi) is 17.5. The van der Waals surface area contributed by atoms with E-state index in [-0.39, 0.29) is 36.9 Å². The van der Waals surface area contributed by atoms with Gasteiger partial charge in [-0.25, -0.2) is 15.0 Å². The second-order valence-electron chi connectivity index (χ2n) is 20.9. The molecule has 69 heavy (non-hydrogen) atoms. The summed E-state index contributed by atoms with van der Waals surface area (Å²) < 4.78 is 56.6. The number of benzene rings is 1. The molecule has 1 aromatic heterocycles. The summed E-state index contributed by atoms with van der Waals surface area (Å²) in [5.74, 6) is -2.69. The lowest BCUT2D eigenvalue weighted by Gasteiger charge is -2.49. The molecule has 5 heterocycles. The highest BCUT2D eigenvalue weighted by atomic mass is 16.8. The summed E-state index contributed by atoms with van der Waals surface area (Å²) in [6, 6.07) is 7.22. The zero-order valence-corrected chi connectivity index (χ0v) is 43.0. The Morgan fingerprint density at radius 2 is 1.74 bits per heavy atom. The fourth-order valence-corrected chi connectivity index (χ4v) is 11.2. The SMILES string of the molecule is CC[C@H]1OC(=O)[C@H](C)[C@@H](O[C@H]2C[C@@](C)(OC)C(OC(=O)N/N=C\Cc3c[nH]c4ccccc34)[C@H](C)O2)[C@H](C)[C@@H](O[C@@H]2O[C@H](C)C[C@H](N(C)C)[C@H]2O)[C@](C)(O)C[C@@H](C)CN(C)[C@H](C)[C@H]2OC(=O)O[C@@]21C. The number of nitrogens with zero attached hydrogens (tertiary/aromatic N) is 3. The number of amides is 1. The maximum Gasteiger partial charge on any atom is 0.509 e. The molecular weight excluding hydrogens is 895 g/mol. The van der Waals surface area contributed by atoms with Crippen LogP contribution in [0.25, 0.3) is 10.9 Å². The minimum absolute atomic E-state index is 0.0425. The first-order chi connectivity index (χ1) is 32.4. The van der Waals surface area contributed by atoms with Crippen molar-refractivity contribution in [3.8, 4) is 0 Å². The van der Waals surface area contributed by atoms with Crippen molar-refractivity contribution in [2.75, 3.05) is 34.8 Å². The number of cyclic esters (lactones) is 1. The molecule has 0 spiro atoms. The molecule has 4 saturated heterocycles. The Bertz CT molecular complexity index is 2090. The van der Waals surface area contributed by atoms with Gasteiger partial charge in [0.2, 0.25) is 0 Å². The number of nitrogens with one attached hydrogen (secondary N) is 2. The number of aromatic nitrogens is 1. The zero-order chi connectivity index (χ0) is 50.7. The normalized spacial score (nSPS) is 40.9. The van der Waals surface area contributed by atoms with Crippen LogP contribution in [0.15, 0.2) is 35.6 Å². The first-order valence-corrected chi connectivity index (χ1v) is 24.5. The predicted molar refractivity (Wildman–Crippen MR) is 255 cm³/mol. The van der Waals surface area contributed by atoms with Gasteiger partial charge in [0.25, 0.3) is 0 Å². The van der Waals surface area contributed by atoms with Crippen molar-refractivity contribution in [2.45, 2.75) is 192 Å². The lowest BCUT2D eigenvalue weighted by Crippen LogP contribution is -2.61. The number of ether oxygens (including phenoxy) is 9. The van der Waals surface area contributed by atoms with Gasteiger partial charge >= 0.3 is 18.2 Å². The molecule has 4 fully saturated rings. The second-order valence-corrected chi connectivity index (χ2v) is 20.9. The third-order valence-corrected chi connectivity index (χ3v) is 15.1. The molecule has 19 nitrogen and oxygen atoms in total. The maximum absolute atomic E-state index is 14.7. The fraction of sp³-hybridized carbons (Fsp3) is 0.760. The molecule has 19 heteroatoms. The molecule has 1 aromatic carbocycles. The van der Waals surface area contributed by atoms with Gasteiger partial charge in [-0.2, -0.15) is 5.10 Å². The first-order valence-electron chi connectivity index (χ1n) is 24.5. The number of para-hydroxylation sites is 1. The fourth-order valence-electron chi connectivity index (χ4n) is 11.2. The van der Waals surface area contributed by atoms with E-state index in [1.54, 1.807) is 40.8 Å². The number of hydrazone groups is 1. The first kappa shape index (κ1) is 54.4. The molecule has 1 amide bonds. The number of rotatable bonds is 11. The van der Waals surface area contributed by atoms with Gasteiger partial charge in [-0.1, -0.05) is 39.0 Å². The molecule has 18 atom stereocenters. The molecular formula is C50H79N5O14. The smallest absolute Gasteiger partial charge is 0.458 e. The van der Waals surface area contributed by atoms with Gasteiger partial charge in [0.15, 0.2) is 30.4 Å². The van der Waals surface area contributed by atoms with E-state index in [0.29, 0.717) is 25.8 Å². The third kappa shape index (κ3) is 12.1. The van der Waals surface area contributed by atoms with E-state index >= 15 is 0 Å².